The van der Waals surface area contributed by atoms with Gasteiger partial charge in [-0.2, -0.15) is 0 Å². The third kappa shape index (κ3) is 6.37. The standard InChI is InChI=1S/C26H30N4O2.HI/c1-27-26(30-16-14-23(19-30)22-10-12-24(32-2)13-11-22)28-17-20-6-8-21(9-7-20)18-29-15-4-3-5-25(29)31;/h3-13,15,23H,14,16-19H2,1-2H3,(H,27,28);1H. The minimum absolute atomic E-state index is 0. The Bertz CT molecular complexity index is 1110. The average Bonchev–Trinajstić information content (AvgIpc) is 3.32. The molecule has 0 amide bonds. The van der Waals surface area contributed by atoms with Crippen LogP contribution in [0.4, 0.5) is 0 Å². The number of hydrogen-bond acceptors (Lipinski definition) is 3. The van der Waals surface area contributed by atoms with Crippen molar-refractivity contribution in [3.8, 4) is 5.75 Å². The van der Waals surface area contributed by atoms with Crippen molar-refractivity contribution >= 4 is 29.9 Å². The Kier molecular flexibility index (Phi) is 8.94. The first-order valence-electron chi connectivity index (χ1n) is 11.0. The summed E-state index contributed by atoms with van der Waals surface area (Å²) in [6.45, 7) is 3.23. The number of aromatic nitrogens is 1. The lowest BCUT2D eigenvalue weighted by molar-refractivity contribution is 0.414. The summed E-state index contributed by atoms with van der Waals surface area (Å²) in [4.78, 5) is 18.7. The van der Waals surface area contributed by atoms with Gasteiger partial charge in [-0.25, -0.2) is 0 Å². The van der Waals surface area contributed by atoms with Crippen LogP contribution in [0.3, 0.4) is 0 Å². The van der Waals surface area contributed by atoms with Gasteiger partial charge in [-0.05, 0) is 41.3 Å². The third-order valence-corrected chi connectivity index (χ3v) is 6.01. The Hall–Kier alpha value is -2.81. The number of nitrogens with zero attached hydrogens (tertiary/aromatic N) is 3. The second-order valence-corrected chi connectivity index (χ2v) is 8.09. The van der Waals surface area contributed by atoms with Gasteiger partial charge in [-0.3, -0.25) is 9.79 Å². The summed E-state index contributed by atoms with van der Waals surface area (Å²) in [5.41, 5.74) is 3.65. The fourth-order valence-corrected chi connectivity index (χ4v) is 4.16. The largest absolute Gasteiger partial charge is 0.497 e. The van der Waals surface area contributed by atoms with Crippen molar-refractivity contribution in [1.82, 2.24) is 14.8 Å². The van der Waals surface area contributed by atoms with Crippen LogP contribution >= 0.6 is 24.0 Å². The molecule has 1 aliphatic heterocycles. The quantitative estimate of drug-likeness (QED) is 0.282. The summed E-state index contributed by atoms with van der Waals surface area (Å²) >= 11 is 0. The number of hydrogen-bond donors (Lipinski definition) is 1. The fraction of sp³-hybridized carbons (Fsp3) is 0.308. The van der Waals surface area contributed by atoms with Crippen LogP contribution in [0.2, 0.25) is 0 Å². The molecule has 4 rings (SSSR count). The van der Waals surface area contributed by atoms with Gasteiger partial charge >= 0.3 is 0 Å². The van der Waals surface area contributed by atoms with Gasteiger partial charge in [0.25, 0.3) is 5.56 Å². The highest BCUT2D eigenvalue weighted by molar-refractivity contribution is 14.0. The Balaban J connectivity index is 0.00000306. The van der Waals surface area contributed by atoms with Gasteiger partial charge < -0.3 is 19.5 Å². The molecule has 1 atom stereocenters. The first kappa shape index (κ1) is 24.8. The molecule has 0 radical (unpaired) electrons. The van der Waals surface area contributed by atoms with Crippen molar-refractivity contribution in [1.29, 1.82) is 0 Å². The Morgan fingerprint density at radius 2 is 1.79 bits per heavy atom. The summed E-state index contributed by atoms with van der Waals surface area (Å²) in [5, 5.41) is 3.50. The average molecular weight is 558 g/mol. The number of likely N-dealkylation sites (tertiary alicyclic amines) is 1. The monoisotopic (exact) mass is 558 g/mol. The van der Waals surface area contributed by atoms with Gasteiger partial charge in [0.1, 0.15) is 5.75 Å². The zero-order valence-corrected chi connectivity index (χ0v) is 21.4. The zero-order chi connectivity index (χ0) is 22.3. The van der Waals surface area contributed by atoms with E-state index < -0.39 is 0 Å². The van der Waals surface area contributed by atoms with Crippen LogP contribution in [0.1, 0.15) is 29.0 Å². The zero-order valence-electron chi connectivity index (χ0n) is 19.1. The lowest BCUT2D eigenvalue weighted by Gasteiger charge is -2.22. The number of ether oxygens (including phenoxy) is 1. The van der Waals surface area contributed by atoms with E-state index >= 15 is 0 Å². The minimum Gasteiger partial charge on any atom is -0.497 e. The molecule has 7 heteroatoms. The van der Waals surface area contributed by atoms with Crippen LogP contribution < -0.4 is 15.6 Å². The van der Waals surface area contributed by atoms with Crippen molar-refractivity contribution in [3.63, 3.8) is 0 Å². The first-order chi connectivity index (χ1) is 15.7. The number of aliphatic imine (C=N–C) groups is 1. The van der Waals surface area contributed by atoms with E-state index in [1.807, 2.05) is 31.4 Å². The van der Waals surface area contributed by atoms with E-state index in [-0.39, 0.29) is 29.5 Å². The molecule has 3 aromatic rings. The molecule has 33 heavy (non-hydrogen) atoms. The Labute approximate surface area is 212 Å². The molecular weight excluding hydrogens is 527 g/mol. The first-order valence-corrected chi connectivity index (χ1v) is 11.0. The number of guanidine groups is 1. The van der Waals surface area contributed by atoms with E-state index in [4.69, 9.17) is 4.74 Å². The molecule has 0 spiro atoms. The van der Waals surface area contributed by atoms with Crippen LogP contribution in [0.5, 0.6) is 5.75 Å². The molecule has 0 saturated carbocycles. The summed E-state index contributed by atoms with van der Waals surface area (Å²) in [6.07, 6.45) is 2.93. The maximum atomic E-state index is 11.9. The van der Waals surface area contributed by atoms with E-state index in [1.54, 1.807) is 23.8 Å². The highest BCUT2D eigenvalue weighted by Gasteiger charge is 2.26. The minimum atomic E-state index is 0. The van der Waals surface area contributed by atoms with Crippen LogP contribution in [-0.4, -0.2) is 42.7 Å². The lowest BCUT2D eigenvalue weighted by atomic mass is 9.98. The summed E-state index contributed by atoms with van der Waals surface area (Å²) < 4.78 is 6.98. The predicted molar refractivity (Wildman–Crippen MR) is 144 cm³/mol. The summed E-state index contributed by atoms with van der Waals surface area (Å²) in [6, 6.07) is 22.0. The van der Waals surface area contributed by atoms with E-state index in [2.05, 4.69) is 51.6 Å². The SMILES string of the molecule is CN=C(NCc1ccc(Cn2ccccc2=O)cc1)N1CCC(c2ccc(OC)cc2)C1.I. The van der Waals surface area contributed by atoms with Gasteiger partial charge in [0.05, 0.1) is 13.7 Å². The maximum Gasteiger partial charge on any atom is 0.250 e. The molecule has 0 bridgehead atoms. The number of halogens is 1. The number of methoxy groups -OCH3 is 1. The van der Waals surface area contributed by atoms with Crippen LogP contribution in [0, 0.1) is 0 Å². The molecule has 1 aromatic heterocycles. The van der Waals surface area contributed by atoms with Crippen molar-refractivity contribution in [3.05, 3.63) is 100.0 Å². The highest BCUT2D eigenvalue weighted by Crippen LogP contribution is 2.28. The topological polar surface area (TPSA) is 58.9 Å². The second kappa shape index (κ2) is 11.9. The molecule has 1 fully saturated rings. The molecule has 6 nitrogen and oxygen atoms in total. The van der Waals surface area contributed by atoms with E-state index in [0.717, 1.165) is 36.8 Å². The molecule has 1 saturated heterocycles. The molecule has 2 aromatic carbocycles. The number of rotatable bonds is 6. The number of nitrogens with one attached hydrogen (secondary N) is 1. The smallest absolute Gasteiger partial charge is 0.250 e. The second-order valence-electron chi connectivity index (χ2n) is 8.09. The summed E-state index contributed by atoms with van der Waals surface area (Å²) in [5.74, 6) is 2.32. The van der Waals surface area contributed by atoms with Crippen molar-refractivity contribution in [2.24, 2.45) is 4.99 Å². The van der Waals surface area contributed by atoms with Gasteiger partial charge in [0.15, 0.2) is 5.96 Å². The molecular formula is C26H31IN4O2. The molecule has 2 heterocycles. The molecule has 0 aliphatic carbocycles. The third-order valence-electron chi connectivity index (χ3n) is 6.01. The molecule has 174 valence electrons. The van der Waals surface area contributed by atoms with E-state index in [1.165, 1.54) is 11.1 Å². The summed E-state index contributed by atoms with van der Waals surface area (Å²) in [7, 11) is 3.53. The van der Waals surface area contributed by atoms with E-state index in [0.29, 0.717) is 19.0 Å². The Morgan fingerprint density at radius 1 is 1.06 bits per heavy atom. The number of benzene rings is 2. The number of pyridine rings is 1. The van der Waals surface area contributed by atoms with Crippen molar-refractivity contribution < 1.29 is 4.74 Å². The molecule has 1 aliphatic rings. The van der Waals surface area contributed by atoms with E-state index in [9.17, 15) is 4.79 Å². The van der Waals surface area contributed by atoms with Gasteiger partial charge in [0.2, 0.25) is 0 Å². The van der Waals surface area contributed by atoms with Gasteiger partial charge in [-0.15, -0.1) is 24.0 Å². The molecule has 1 unspecified atom stereocenters. The van der Waals surface area contributed by atoms with Crippen LogP contribution in [0.15, 0.2) is 82.7 Å². The van der Waals surface area contributed by atoms with Crippen LogP contribution in [0.25, 0.3) is 0 Å². The fourth-order valence-electron chi connectivity index (χ4n) is 4.16. The molecule has 1 N–H and O–H groups in total. The van der Waals surface area contributed by atoms with Gasteiger partial charge in [-0.1, -0.05) is 42.5 Å². The lowest BCUT2D eigenvalue weighted by Crippen LogP contribution is -2.39. The van der Waals surface area contributed by atoms with Crippen LogP contribution in [-0.2, 0) is 13.1 Å². The maximum absolute atomic E-state index is 11.9. The predicted octanol–water partition coefficient (Wildman–Crippen LogP) is 4.09. The normalized spacial score (nSPS) is 15.8. The Morgan fingerprint density at radius 3 is 2.45 bits per heavy atom. The van der Waals surface area contributed by atoms with Crippen molar-refractivity contribution in [2.45, 2.75) is 25.4 Å². The van der Waals surface area contributed by atoms with Crippen molar-refractivity contribution in [2.75, 3.05) is 27.2 Å². The highest BCUT2D eigenvalue weighted by atomic mass is 127. The van der Waals surface area contributed by atoms with Gasteiger partial charge in [0, 0.05) is 44.9 Å².